The van der Waals surface area contributed by atoms with E-state index in [-0.39, 0.29) is 0 Å². The summed E-state index contributed by atoms with van der Waals surface area (Å²) in [4.78, 5) is 4.48. The first kappa shape index (κ1) is 15.6. The molecule has 4 nitrogen and oxygen atoms in total. The second-order valence-corrected chi connectivity index (χ2v) is 4.68. The fourth-order valence-electron chi connectivity index (χ4n) is 1.76. The van der Waals surface area contributed by atoms with Crippen LogP contribution in [-0.2, 0) is 0 Å². The van der Waals surface area contributed by atoms with Crippen molar-refractivity contribution in [2.75, 3.05) is 14.2 Å². The van der Waals surface area contributed by atoms with E-state index < -0.39 is 0 Å². The Morgan fingerprint density at radius 1 is 0.909 bits per heavy atom. The normalized spacial score (nSPS) is 11.0. The fourth-order valence-corrected chi connectivity index (χ4v) is 1.76. The molecule has 2 rings (SSSR count). The van der Waals surface area contributed by atoms with Crippen LogP contribution in [0, 0.1) is 0 Å². The number of hydrogen-bond acceptors (Lipinski definition) is 4. The summed E-state index contributed by atoms with van der Waals surface area (Å²) < 4.78 is 16.1. The lowest BCUT2D eigenvalue weighted by Crippen LogP contribution is -2.09. The van der Waals surface area contributed by atoms with E-state index in [2.05, 4.69) is 11.6 Å². The van der Waals surface area contributed by atoms with E-state index in [1.165, 1.54) is 0 Å². The molecular formula is C18H19NO3. The average molecular weight is 297 g/mol. The fraction of sp³-hybridized carbons (Fsp3) is 0.167. The summed E-state index contributed by atoms with van der Waals surface area (Å²) in [5, 5.41) is 0. The lowest BCUT2D eigenvalue weighted by Gasteiger charge is -2.10. The van der Waals surface area contributed by atoms with Gasteiger partial charge in [-0.05, 0) is 43.3 Å². The molecule has 2 aromatic rings. The van der Waals surface area contributed by atoms with Gasteiger partial charge in [-0.2, -0.15) is 0 Å². The SMILES string of the molecule is C=C(C)C(=Nc1ccc(OC)cc1)Oc1cccc(OC)c1. The number of hydrogen-bond donors (Lipinski definition) is 0. The van der Waals surface area contributed by atoms with Gasteiger partial charge in [0.15, 0.2) is 0 Å². The summed E-state index contributed by atoms with van der Waals surface area (Å²) in [5.74, 6) is 2.61. The summed E-state index contributed by atoms with van der Waals surface area (Å²) in [6.07, 6.45) is 0. The molecule has 0 N–H and O–H groups in total. The van der Waals surface area contributed by atoms with E-state index in [4.69, 9.17) is 14.2 Å². The van der Waals surface area contributed by atoms with Gasteiger partial charge >= 0.3 is 0 Å². The van der Waals surface area contributed by atoms with Crippen LogP contribution in [0.3, 0.4) is 0 Å². The van der Waals surface area contributed by atoms with Crippen molar-refractivity contribution in [1.29, 1.82) is 0 Å². The van der Waals surface area contributed by atoms with Gasteiger partial charge < -0.3 is 14.2 Å². The number of rotatable bonds is 5. The van der Waals surface area contributed by atoms with Crippen LogP contribution in [0.25, 0.3) is 0 Å². The predicted octanol–water partition coefficient (Wildman–Crippen LogP) is 4.39. The van der Waals surface area contributed by atoms with Crippen molar-refractivity contribution < 1.29 is 14.2 Å². The maximum atomic E-state index is 5.82. The van der Waals surface area contributed by atoms with E-state index in [9.17, 15) is 0 Å². The molecule has 0 aliphatic rings. The molecule has 4 heteroatoms. The highest BCUT2D eigenvalue weighted by atomic mass is 16.5. The third-order valence-corrected chi connectivity index (χ3v) is 2.92. The zero-order valence-corrected chi connectivity index (χ0v) is 13.0. The molecule has 0 aromatic heterocycles. The summed E-state index contributed by atoms with van der Waals surface area (Å²) >= 11 is 0. The Kier molecular flexibility index (Phi) is 5.20. The highest BCUT2D eigenvalue weighted by Gasteiger charge is 2.06. The summed E-state index contributed by atoms with van der Waals surface area (Å²) in [6, 6.07) is 14.8. The molecule has 0 unspecified atom stereocenters. The van der Waals surface area contributed by atoms with Gasteiger partial charge in [0.05, 0.1) is 19.9 Å². The summed E-state index contributed by atoms with van der Waals surface area (Å²) in [5.41, 5.74) is 1.50. The molecule has 0 radical (unpaired) electrons. The minimum Gasteiger partial charge on any atom is -0.497 e. The minimum atomic E-state index is 0.457. The van der Waals surface area contributed by atoms with Crippen molar-refractivity contribution in [3.05, 3.63) is 60.7 Å². The van der Waals surface area contributed by atoms with E-state index in [0.717, 1.165) is 22.8 Å². The molecule has 0 atom stereocenters. The summed E-state index contributed by atoms with van der Waals surface area (Å²) in [7, 11) is 3.24. The standard InChI is InChI=1S/C18H19NO3/c1-13(2)18(19-14-8-10-15(20-3)11-9-14)22-17-7-5-6-16(12-17)21-4/h5-12H,1H2,2-4H3. The lowest BCUT2D eigenvalue weighted by molar-refractivity contribution is 0.412. The first-order valence-corrected chi connectivity index (χ1v) is 6.83. The van der Waals surface area contributed by atoms with Gasteiger partial charge in [-0.1, -0.05) is 12.6 Å². The van der Waals surface area contributed by atoms with Crippen molar-refractivity contribution in [1.82, 2.24) is 0 Å². The molecule has 0 saturated carbocycles. The Balaban J connectivity index is 2.24. The van der Waals surface area contributed by atoms with Crippen molar-refractivity contribution in [3.8, 4) is 17.2 Å². The Morgan fingerprint density at radius 2 is 1.55 bits per heavy atom. The molecule has 0 bridgehead atoms. The van der Waals surface area contributed by atoms with Crippen LogP contribution in [0.2, 0.25) is 0 Å². The largest absolute Gasteiger partial charge is 0.497 e. The van der Waals surface area contributed by atoms with Gasteiger partial charge in [-0.15, -0.1) is 0 Å². The van der Waals surface area contributed by atoms with Crippen molar-refractivity contribution in [3.63, 3.8) is 0 Å². The van der Waals surface area contributed by atoms with Crippen LogP contribution in [0.5, 0.6) is 17.2 Å². The van der Waals surface area contributed by atoms with Crippen LogP contribution < -0.4 is 14.2 Å². The maximum Gasteiger partial charge on any atom is 0.222 e. The van der Waals surface area contributed by atoms with Gasteiger partial charge in [0.1, 0.15) is 17.2 Å². The number of nitrogens with zero attached hydrogens (tertiary/aromatic N) is 1. The minimum absolute atomic E-state index is 0.457. The molecule has 2 aromatic carbocycles. The Bertz CT molecular complexity index is 675. The Hall–Kier alpha value is -2.75. The van der Waals surface area contributed by atoms with Gasteiger partial charge in [0.2, 0.25) is 5.90 Å². The monoisotopic (exact) mass is 297 g/mol. The molecule has 0 spiro atoms. The number of ether oxygens (including phenoxy) is 3. The second kappa shape index (κ2) is 7.31. The molecule has 0 aliphatic heterocycles. The maximum absolute atomic E-state index is 5.82. The molecule has 0 saturated heterocycles. The van der Waals surface area contributed by atoms with Gasteiger partial charge in [-0.3, -0.25) is 0 Å². The molecule has 0 fully saturated rings. The molecule has 0 amide bonds. The highest BCUT2D eigenvalue weighted by molar-refractivity contribution is 5.95. The zero-order chi connectivity index (χ0) is 15.9. The van der Waals surface area contributed by atoms with Crippen LogP contribution in [0.15, 0.2) is 65.7 Å². The van der Waals surface area contributed by atoms with Crippen molar-refractivity contribution in [2.24, 2.45) is 4.99 Å². The predicted molar refractivity (Wildman–Crippen MR) is 88.5 cm³/mol. The van der Waals surface area contributed by atoms with Gasteiger partial charge in [0, 0.05) is 11.6 Å². The lowest BCUT2D eigenvalue weighted by atomic mass is 10.3. The third kappa shape index (κ3) is 4.12. The number of aliphatic imine (C=N–C) groups is 1. The molecular weight excluding hydrogens is 278 g/mol. The van der Waals surface area contributed by atoms with Gasteiger partial charge in [-0.25, -0.2) is 4.99 Å². The van der Waals surface area contributed by atoms with Crippen LogP contribution in [0.4, 0.5) is 5.69 Å². The van der Waals surface area contributed by atoms with Crippen LogP contribution >= 0.6 is 0 Å². The molecule has 0 aliphatic carbocycles. The first-order chi connectivity index (χ1) is 10.6. The van der Waals surface area contributed by atoms with Crippen molar-refractivity contribution in [2.45, 2.75) is 6.92 Å². The third-order valence-electron chi connectivity index (χ3n) is 2.92. The smallest absolute Gasteiger partial charge is 0.222 e. The van der Waals surface area contributed by atoms with Crippen LogP contribution in [0.1, 0.15) is 6.92 Å². The van der Waals surface area contributed by atoms with Crippen LogP contribution in [-0.4, -0.2) is 20.1 Å². The topological polar surface area (TPSA) is 40.0 Å². The highest BCUT2D eigenvalue weighted by Crippen LogP contribution is 2.22. The van der Waals surface area contributed by atoms with E-state index in [1.54, 1.807) is 20.3 Å². The molecule has 114 valence electrons. The van der Waals surface area contributed by atoms with Crippen molar-refractivity contribution >= 4 is 11.6 Å². The zero-order valence-electron chi connectivity index (χ0n) is 13.0. The van der Waals surface area contributed by atoms with Gasteiger partial charge in [0.25, 0.3) is 0 Å². The second-order valence-electron chi connectivity index (χ2n) is 4.68. The summed E-state index contributed by atoms with van der Waals surface area (Å²) in [6.45, 7) is 5.76. The number of methoxy groups -OCH3 is 2. The Labute approximate surface area is 130 Å². The molecule has 0 heterocycles. The van der Waals surface area contributed by atoms with E-state index >= 15 is 0 Å². The number of benzene rings is 2. The Morgan fingerprint density at radius 3 is 2.14 bits per heavy atom. The average Bonchev–Trinajstić information content (AvgIpc) is 2.55. The molecule has 22 heavy (non-hydrogen) atoms. The van der Waals surface area contributed by atoms with E-state index in [1.807, 2.05) is 49.4 Å². The first-order valence-electron chi connectivity index (χ1n) is 6.83. The quantitative estimate of drug-likeness (QED) is 0.607. The van der Waals surface area contributed by atoms with E-state index in [0.29, 0.717) is 11.6 Å².